The Hall–Kier alpha value is -1.16. The van der Waals surface area contributed by atoms with Gasteiger partial charge >= 0.3 is 0 Å². The largest absolute Gasteiger partial charge is 0.396 e. The van der Waals surface area contributed by atoms with Gasteiger partial charge in [-0.15, -0.1) is 0 Å². The quantitative estimate of drug-likeness (QED) is 0.818. The Morgan fingerprint density at radius 3 is 2.79 bits per heavy atom. The number of nitrogens with zero attached hydrogens (tertiary/aromatic N) is 2. The van der Waals surface area contributed by atoms with Gasteiger partial charge in [0.1, 0.15) is 11.6 Å². The summed E-state index contributed by atoms with van der Waals surface area (Å²) in [6, 6.07) is 2.31. The molecule has 2 aliphatic rings. The highest BCUT2D eigenvalue weighted by atomic mass is 16.3. The molecule has 0 bridgehead atoms. The summed E-state index contributed by atoms with van der Waals surface area (Å²) in [5.41, 5.74) is 0. The van der Waals surface area contributed by atoms with Crippen LogP contribution in [0.5, 0.6) is 0 Å². The predicted octanol–water partition coefficient (Wildman–Crippen LogP) is 2.71. The predicted molar refractivity (Wildman–Crippen MR) is 75.1 cm³/mol. The summed E-state index contributed by atoms with van der Waals surface area (Å²) in [6.07, 6.45) is 10.3. The third-order valence-electron chi connectivity index (χ3n) is 4.34. The minimum Gasteiger partial charge on any atom is -0.396 e. The van der Waals surface area contributed by atoms with Crippen molar-refractivity contribution in [3.05, 3.63) is 18.1 Å². The highest BCUT2D eigenvalue weighted by Crippen LogP contribution is 2.38. The van der Waals surface area contributed by atoms with Gasteiger partial charge in [-0.1, -0.05) is 19.3 Å². The average molecular weight is 261 g/mol. The molecule has 1 heterocycles. The molecule has 0 saturated heterocycles. The smallest absolute Gasteiger partial charge is 0.133 e. The molecule has 1 aromatic heterocycles. The zero-order chi connectivity index (χ0) is 13.1. The molecule has 0 unspecified atom stereocenters. The van der Waals surface area contributed by atoms with E-state index in [0.29, 0.717) is 17.9 Å². The summed E-state index contributed by atoms with van der Waals surface area (Å²) in [7, 11) is 0. The van der Waals surface area contributed by atoms with E-state index in [0.717, 1.165) is 24.5 Å². The third-order valence-corrected chi connectivity index (χ3v) is 4.34. The Kier molecular flexibility index (Phi) is 3.97. The van der Waals surface area contributed by atoms with E-state index >= 15 is 0 Å². The number of hydrogen-bond donors (Lipinski definition) is 2. The molecular formula is C15H23N3O. The van der Waals surface area contributed by atoms with Crippen molar-refractivity contribution in [2.45, 2.75) is 56.9 Å². The second-order valence-corrected chi connectivity index (χ2v) is 5.91. The lowest BCUT2D eigenvalue weighted by Crippen LogP contribution is -2.31. The minimum atomic E-state index is 0.276. The van der Waals surface area contributed by atoms with E-state index in [1.54, 1.807) is 0 Å². The zero-order valence-electron chi connectivity index (χ0n) is 11.4. The third kappa shape index (κ3) is 3.24. The first-order valence-electron chi connectivity index (χ1n) is 7.57. The molecule has 104 valence electrons. The van der Waals surface area contributed by atoms with Gasteiger partial charge in [-0.3, -0.25) is 0 Å². The van der Waals surface area contributed by atoms with Gasteiger partial charge in [0.25, 0.3) is 0 Å². The summed E-state index contributed by atoms with van der Waals surface area (Å²) in [6.45, 7) is 0.276. The second kappa shape index (κ2) is 5.87. The van der Waals surface area contributed by atoms with E-state index < -0.39 is 0 Å². The fourth-order valence-electron chi connectivity index (χ4n) is 2.98. The van der Waals surface area contributed by atoms with Gasteiger partial charge in [0, 0.05) is 30.7 Å². The summed E-state index contributed by atoms with van der Waals surface area (Å²) < 4.78 is 0. The first-order valence-corrected chi connectivity index (χ1v) is 7.57. The number of rotatable bonds is 4. The van der Waals surface area contributed by atoms with Crippen LogP contribution in [0, 0.1) is 5.92 Å². The van der Waals surface area contributed by atoms with Crippen LogP contribution in [-0.4, -0.2) is 27.7 Å². The lowest BCUT2D eigenvalue weighted by Gasteiger charge is -2.25. The molecule has 2 N–H and O–H groups in total. The molecule has 3 rings (SSSR count). The molecule has 4 nitrogen and oxygen atoms in total. The Labute approximate surface area is 114 Å². The maximum absolute atomic E-state index is 9.54. The lowest BCUT2D eigenvalue weighted by atomic mass is 9.96. The standard InChI is InChI=1S/C15H23N3O/c19-10-12-4-2-1-3-5-13(12)17-14-8-9-16-15(18-14)11-6-7-11/h8-9,11-13,19H,1-7,10H2,(H,16,17,18)/t12-,13+/m1/s1. The van der Waals surface area contributed by atoms with Crippen molar-refractivity contribution in [2.75, 3.05) is 11.9 Å². The van der Waals surface area contributed by atoms with Crippen LogP contribution >= 0.6 is 0 Å². The van der Waals surface area contributed by atoms with Crippen molar-refractivity contribution in [3.8, 4) is 0 Å². The van der Waals surface area contributed by atoms with Gasteiger partial charge in [-0.2, -0.15) is 0 Å². The average Bonchev–Trinajstić information content (AvgIpc) is 3.27. The zero-order valence-corrected chi connectivity index (χ0v) is 11.4. The van der Waals surface area contributed by atoms with Gasteiger partial charge in [0.05, 0.1) is 0 Å². The molecule has 0 radical (unpaired) electrons. The van der Waals surface area contributed by atoms with Crippen LogP contribution in [0.3, 0.4) is 0 Å². The molecule has 4 heteroatoms. The van der Waals surface area contributed by atoms with Gasteiger partial charge in [-0.05, 0) is 31.7 Å². The molecule has 19 heavy (non-hydrogen) atoms. The molecule has 0 aromatic carbocycles. The van der Waals surface area contributed by atoms with Crippen LogP contribution in [0.15, 0.2) is 12.3 Å². The van der Waals surface area contributed by atoms with E-state index in [4.69, 9.17) is 0 Å². The van der Waals surface area contributed by atoms with Gasteiger partial charge in [0.2, 0.25) is 0 Å². The topological polar surface area (TPSA) is 58.0 Å². The molecular weight excluding hydrogens is 238 g/mol. The molecule has 2 aliphatic carbocycles. The number of anilines is 1. The van der Waals surface area contributed by atoms with Crippen molar-refractivity contribution >= 4 is 5.82 Å². The maximum atomic E-state index is 9.54. The summed E-state index contributed by atoms with van der Waals surface area (Å²) in [5.74, 6) is 2.87. The molecule has 0 amide bonds. The van der Waals surface area contributed by atoms with Gasteiger partial charge in [-0.25, -0.2) is 9.97 Å². The van der Waals surface area contributed by atoms with Crippen molar-refractivity contribution in [1.29, 1.82) is 0 Å². The molecule has 2 fully saturated rings. The van der Waals surface area contributed by atoms with Crippen molar-refractivity contribution in [3.63, 3.8) is 0 Å². The van der Waals surface area contributed by atoms with E-state index in [1.165, 1.54) is 32.1 Å². The SMILES string of the molecule is OC[C@H]1CCCCC[C@@H]1Nc1ccnc(C2CC2)n1. The van der Waals surface area contributed by atoms with Crippen molar-refractivity contribution < 1.29 is 5.11 Å². The van der Waals surface area contributed by atoms with Crippen LogP contribution < -0.4 is 5.32 Å². The van der Waals surface area contributed by atoms with Crippen molar-refractivity contribution in [2.24, 2.45) is 5.92 Å². The Morgan fingerprint density at radius 2 is 2.00 bits per heavy atom. The number of nitrogens with one attached hydrogen (secondary N) is 1. The molecule has 2 saturated carbocycles. The van der Waals surface area contributed by atoms with Crippen LogP contribution in [0.4, 0.5) is 5.82 Å². The van der Waals surface area contributed by atoms with Crippen molar-refractivity contribution in [1.82, 2.24) is 9.97 Å². The molecule has 2 atom stereocenters. The molecule has 0 spiro atoms. The number of aromatic nitrogens is 2. The minimum absolute atomic E-state index is 0.276. The van der Waals surface area contributed by atoms with Crippen LogP contribution in [0.2, 0.25) is 0 Å². The van der Waals surface area contributed by atoms with Crippen LogP contribution in [-0.2, 0) is 0 Å². The summed E-state index contributed by atoms with van der Waals surface area (Å²) in [5, 5.41) is 13.1. The fourth-order valence-corrected chi connectivity index (χ4v) is 2.98. The van der Waals surface area contributed by atoms with Gasteiger partial charge < -0.3 is 10.4 Å². The van der Waals surface area contributed by atoms with E-state index in [1.807, 2.05) is 12.3 Å². The monoisotopic (exact) mass is 261 g/mol. The normalized spacial score (nSPS) is 27.8. The molecule has 1 aromatic rings. The van der Waals surface area contributed by atoms with E-state index in [9.17, 15) is 5.11 Å². The fraction of sp³-hybridized carbons (Fsp3) is 0.733. The molecule has 0 aliphatic heterocycles. The Bertz CT molecular complexity index is 420. The maximum Gasteiger partial charge on any atom is 0.133 e. The van der Waals surface area contributed by atoms with E-state index in [-0.39, 0.29) is 6.61 Å². The van der Waals surface area contributed by atoms with Gasteiger partial charge in [0.15, 0.2) is 0 Å². The van der Waals surface area contributed by atoms with E-state index in [2.05, 4.69) is 15.3 Å². The van der Waals surface area contributed by atoms with Crippen LogP contribution in [0.1, 0.15) is 56.7 Å². The summed E-state index contributed by atoms with van der Waals surface area (Å²) in [4.78, 5) is 8.98. The first-order chi connectivity index (χ1) is 9.36. The number of hydrogen-bond acceptors (Lipinski definition) is 4. The first kappa shape index (κ1) is 12.9. The second-order valence-electron chi connectivity index (χ2n) is 5.91. The lowest BCUT2D eigenvalue weighted by molar-refractivity contribution is 0.203. The Balaban J connectivity index is 1.69. The number of aliphatic hydroxyl groups is 1. The Morgan fingerprint density at radius 1 is 1.16 bits per heavy atom. The van der Waals surface area contributed by atoms with Crippen LogP contribution in [0.25, 0.3) is 0 Å². The summed E-state index contributed by atoms with van der Waals surface area (Å²) >= 11 is 0. The highest BCUT2D eigenvalue weighted by Gasteiger charge is 2.27. The number of aliphatic hydroxyl groups excluding tert-OH is 1. The highest BCUT2D eigenvalue weighted by molar-refractivity contribution is 5.35.